The molecule has 0 amide bonds. The molecular formula is C19H28IN5O. The van der Waals surface area contributed by atoms with E-state index in [1.54, 1.807) is 13.2 Å². The van der Waals surface area contributed by atoms with Crippen molar-refractivity contribution in [3.8, 4) is 5.75 Å². The van der Waals surface area contributed by atoms with Crippen LogP contribution >= 0.6 is 24.0 Å². The molecule has 0 bridgehead atoms. The van der Waals surface area contributed by atoms with Crippen molar-refractivity contribution in [2.24, 2.45) is 10.9 Å². The maximum absolute atomic E-state index is 5.96. The maximum atomic E-state index is 5.96. The van der Waals surface area contributed by atoms with Crippen molar-refractivity contribution < 1.29 is 4.74 Å². The molecule has 3 rings (SSSR count). The van der Waals surface area contributed by atoms with Gasteiger partial charge in [0.2, 0.25) is 0 Å². The lowest BCUT2D eigenvalue weighted by atomic mass is 10.2. The number of benzene rings is 1. The van der Waals surface area contributed by atoms with E-state index in [9.17, 15) is 0 Å². The molecule has 142 valence electrons. The Bertz CT molecular complexity index is 670. The highest BCUT2D eigenvalue weighted by Gasteiger charge is 2.22. The van der Waals surface area contributed by atoms with Crippen LogP contribution in [0.1, 0.15) is 24.8 Å². The first-order valence-corrected chi connectivity index (χ1v) is 8.98. The van der Waals surface area contributed by atoms with Crippen molar-refractivity contribution in [2.45, 2.75) is 32.4 Å². The van der Waals surface area contributed by atoms with Gasteiger partial charge in [-0.05, 0) is 37.3 Å². The van der Waals surface area contributed by atoms with Gasteiger partial charge in [0.1, 0.15) is 5.75 Å². The highest BCUT2D eigenvalue weighted by atomic mass is 127. The van der Waals surface area contributed by atoms with Crippen LogP contribution in [0.5, 0.6) is 5.75 Å². The Morgan fingerprint density at radius 1 is 1.27 bits per heavy atom. The van der Waals surface area contributed by atoms with Gasteiger partial charge in [0.05, 0.1) is 6.61 Å². The number of aliphatic imine (C=N–C) groups is 1. The minimum atomic E-state index is 0. The average molecular weight is 469 g/mol. The topological polar surface area (TPSA) is 63.5 Å². The molecule has 0 unspecified atom stereocenters. The van der Waals surface area contributed by atoms with E-state index in [0.717, 1.165) is 49.3 Å². The van der Waals surface area contributed by atoms with E-state index in [1.165, 1.54) is 12.8 Å². The van der Waals surface area contributed by atoms with Crippen LogP contribution in [0.15, 0.2) is 47.7 Å². The number of hydrogen-bond donors (Lipinski definition) is 2. The largest absolute Gasteiger partial charge is 0.493 e. The summed E-state index contributed by atoms with van der Waals surface area (Å²) in [6.07, 6.45) is 7.37. The predicted molar refractivity (Wildman–Crippen MR) is 115 cm³/mol. The van der Waals surface area contributed by atoms with Gasteiger partial charge in [-0.1, -0.05) is 18.2 Å². The molecule has 7 heteroatoms. The third-order valence-corrected chi connectivity index (χ3v) is 4.23. The molecule has 6 nitrogen and oxygen atoms in total. The minimum absolute atomic E-state index is 0. The highest BCUT2D eigenvalue weighted by molar-refractivity contribution is 14.0. The average Bonchev–Trinajstić information content (AvgIpc) is 3.33. The van der Waals surface area contributed by atoms with Crippen molar-refractivity contribution in [2.75, 3.05) is 20.2 Å². The van der Waals surface area contributed by atoms with E-state index in [4.69, 9.17) is 4.74 Å². The molecule has 1 aliphatic rings. The molecule has 1 saturated carbocycles. The van der Waals surface area contributed by atoms with E-state index in [0.29, 0.717) is 6.54 Å². The Morgan fingerprint density at radius 3 is 2.85 bits per heavy atom. The lowest BCUT2D eigenvalue weighted by molar-refractivity contribution is 0.296. The molecular weight excluding hydrogens is 441 g/mol. The van der Waals surface area contributed by atoms with Crippen LogP contribution in [-0.4, -0.2) is 35.9 Å². The molecule has 2 N–H and O–H groups in total. The van der Waals surface area contributed by atoms with Gasteiger partial charge in [-0.15, -0.1) is 24.0 Å². The summed E-state index contributed by atoms with van der Waals surface area (Å²) in [6, 6.07) is 10.1. The Balaban J connectivity index is 0.00000243. The molecule has 1 aromatic carbocycles. The Kier molecular flexibility index (Phi) is 8.73. The molecule has 1 aliphatic carbocycles. The van der Waals surface area contributed by atoms with E-state index < -0.39 is 0 Å². The molecule has 0 atom stereocenters. The molecule has 2 aromatic rings. The number of aromatic nitrogens is 2. The van der Waals surface area contributed by atoms with Gasteiger partial charge < -0.3 is 15.4 Å². The first-order valence-electron chi connectivity index (χ1n) is 8.98. The number of nitrogens with one attached hydrogen (secondary N) is 2. The smallest absolute Gasteiger partial charge is 0.191 e. The fourth-order valence-corrected chi connectivity index (χ4v) is 2.56. The van der Waals surface area contributed by atoms with Gasteiger partial charge in [0.15, 0.2) is 5.96 Å². The van der Waals surface area contributed by atoms with Crippen LogP contribution < -0.4 is 15.4 Å². The Labute approximate surface area is 172 Å². The highest BCUT2D eigenvalue weighted by Crippen LogP contribution is 2.30. The number of ether oxygens (including phenoxy) is 1. The van der Waals surface area contributed by atoms with Crippen LogP contribution in [-0.2, 0) is 13.1 Å². The van der Waals surface area contributed by atoms with Crippen LogP contribution in [0.4, 0.5) is 0 Å². The lowest BCUT2D eigenvalue weighted by Gasteiger charge is -2.15. The first kappa shape index (κ1) is 20.5. The number of halogens is 1. The lowest BCUT2D eigenvalue weighted by Crippen LogP contribution is -2.37. The molecule has 0 radical (unpaired) electrons. The zero-order chi connectivity index (χ0) is 17.3. The van der Waals surface area contributed by atoms with Gasteiger partial charge in [-0.2, -0.15) is 5.10 Å². The number of guanidine groups is 1. The summed E-state index contributed by atoms with van der Waals surface area (Å²) in [6.45, 7) is 3.27. The summed E-state index contributed by atoms with van der Waals surface area (Å²) >= 11 is 0. The number of hydrogen-bond acceptors (Lipinski definition) is 3. The molecule has 0 spiro atoms. The van der Waals surface area contributed by atoms with Crippen LogP contribution in [0.25, 0.3) is 0 Å². The molecule has 26 heavy (non-hydrogen) atoms. The van der Waals surface area contributed by atoms with Gasteiger partial charge >= 0.3 is 0 Å². The van der Waals surface area contributed by atoms with Crippen molar-refractivity contribution in [3.05, 3.63) is 48.3 Å². The zero-order valence-electron chi connectivity index (χ0n) is 15.2. The van der Waals surface area contributed by atoms with Gasteiger partial charge in [0.25, 0.3) is 0 Å². The van der Waals surface area contributed by atoms with E-state index >= 15 is 0 Å². The summed E-state index contributed by atoms with van der Waals surface area (Å²) in [5, 5.41) is 10.9. The van der Waals surface area contributed by atoms with Crippen LogP contribution in [0, 0.1) is 5.92 Å². The third-order valence-electron chi connectivity index (χ3n) is 4.23. The molecule has 1 heterocycles. The van der Waals surface area contributed by atoms with Gasteiger partial charge in [-0.3, -0.25) is 9.67 Å². The third kappa shape index (κ3) is 6.86. The first-order chi connectivity index (χ1) is 12.3. The summed E-state index contributed by atoms with van der Waals surface area (Å²) < 4.78 is 7.89. The Morgan fingerprint density at radius 2 is 2.12 bits per heavy atom. The van der Waals surface area contributed by atoms with E-state index in [1.807, 2.05) is 35.1 Å². The number of nitrogens with zero attached hydrogens (tertiary/aromatic N) is 3. The van der Waals surface area contributed by atoms with Crippen LogP contribution in [0.2, 0.25) is 0 Å². The molecule has 0 saturated heterocycles. The molecule has 0 aliphatic heterocycles. The number of rotatable bonds is 9. The number of para-hydroxylation sites is 1. The summed E-state index contributed by atoms with van der Waals surface area (Å²) in [5.41, 5.74) is 1.16. The monoisotopic (exact) mass is 469 g/mol. The fraction of sp³-hybridized carbons (Fsp3) is 0.474. The second-order valence-corrected chi connectivity index (χ2v) is 6.34. The van der Waals surface area contributed by atoms with Crippen molar-refractivity contribution >= 4 is 29.9 Å². The maximum Gasteiger partial charge on any atom is 0.191 e. The molecule has 1 fully saturated rings. The summed E-state index contributed by atoms with van der Waals surface area (Å²) in [7, 11) is 1.79. The standard InChI is InChI=1S/C19H27N5O.HI/c1-20-19(21-10-4-12-24-13-5-11-23-24)22-14-17-6-2-3-7-18(17)25-15-16-8-9-16;/h2-3,5-7,11,13,16H,4,8-10,12,14-15H2,1H3,(H2,20,21,22);1H. The molecule has 1 aromatic heterocycles. The number of aryl methyl sites for hydroxylation is 1. The minimum Gasteiger partial charge on any atom is -0.493 e. The Hall–Kier alpha value is -1.77. The van der Waals surface area contributed by atoms with Gasteiger partial charge in [0, 0.05) is 44.6 Å². The summed E-state index contributed by atoms with van der Waals surface area (Å²) in [5.74, 6) is 2.53. The van der Waals surface area contributed by atoms with E-state index in [2.05, 4.69) is 26.8 Å². The summed E-state index contributed by atoms with van der Waals surface area (Å²) in [4.78, 5) is 4.28. The zero-order valence-corrected chi connectivity index (χ0v) is 17.6. The fourth-order valence-electron chi connectivity index (χ4n) is 2.56. The van der Waals surface area contributed by atoms with E-state index in [-0.39, 0.29) is 24.0 Å². The SMILES string of the molecule is CN=C(NCCCn1cccn1)NCc1ccccc1OCC1CC1.I. The predicted octanol–water partition coefficient (Wildman–Crippen LogP) is 3.05. The second-order valence-electron chi connectivity index (χ2n) is 6.34. The van der Waals surface area contributed by atoms with Crippen LogP contribution in [0.3, 0.4) is 0 Å². The van der Waals surface area contributed by atoms with Crippen molar-refractivity contribution in [3.63, 3.8) is 0 Å². The van der Waals surface area contributed by atoms with Crippen molar-refractivity contribution in [1.82, 2.24) is 20.4 Å². The quantitative estimate of drug-likeness (QED) is 0.257. The van der Waals surface area contributed by atoms with Crippen molar-refractivity contribution in [1.29, 1.82) is 0 Å². The second kappa shape index (κ2) is 11.1. The normalized spacial score (nSPS) is 13.8. The van der Waals surface area contributed by atoms with Gasteiger partial charge in [-0.25, -0.2) is 0 Å².